The van der Waals surface area contributed by atoms with E-state index in [-0.39, 0.29) is 6.09 Å². The van der Waals surface area contributed by atoms with Crippen molar-refractivity contribution in [3.63, 3.8) is 0 Å². The number of nitrogens with one attached hydrogen (secondary N) is 1. The van der Waals surface area contributed by atoms with E-state index in [1.54, 1.807) is 11.8 Å². The summed E-state index contributed by atoms with van der Waals surface area (Å²) in [5, 5.41) is 0.952. The zero-order valence-corrected chi connectivity index (χ0v) is 24.3. The third kappa shape index (κ3) is 10.2. The first kappa shape index (κ1) is 29.8. The second-order valence-electron chi connectivity index (χ2n) is 10.3. The molecule has 1 N–H and O–H groups in total. The van der Waals surface area contributed by atoms with Crippen LogP contribution in [-0.2, 0) is 4.74 Å². The summed E-state index contributed by atoms with van der Waals surface area (Å²) >= 11 is 1.77. The van der Waals surface area contributed by atoms with Crippen molar-refractivity contribution in [3.05, 3.63) is 60.7 Å². The Morgan fingerprint density at radius 2 is 1.47 bits per heavy atom. The molecule has 0 aliphatic heterocycles. The quantitative estimate of drug-likeness (QED) is 0.138. The average Bonchev–Trinajstić information content (AvgIpc) is 3.37. The van der Waals surface area contributed by atoms with E-state index in [1.807, 2.05) is 17.0 Å². The minimum absolute atomic E-state index is 0.152. The van der Waals surface area contributed by atoms with Crippen LogP contribution in [-0.4, -0.2) is 46.4 Å². The van der Waals surface area contributed by atoms with Crippen LogP contribution in [0, 0.1) is 5.92 Å². The molecule has 0 fully saturated rings. The number of H-pyrrole nitrogens is 1. The van der Waals surface area contributed by atoms with Crippen LogP contribution in [0.5, 0.6) is 0 Å². The van der Waals surface area contributed by atoms with E-state index in [0.717, 1.165) is 72.2 Å². The highest BCUT2D eigenvalue weighted by Gasteiger charge is 2.16. The molecule has 0 unspecified atom stereocenters. The Morgan fingerprint density at radius 3 is 2.11 bits per heavy atom. The molecule has 1 amide bonds. The molecule has 5 nitrogen and oxygen atoms in total. The Bertz CT molecular complexity index is 996. The lowest BCUT2D eigenvalue weighted by atomic mass is 10.1. The number of thioether (sulfide) groups is 1. The van der Waals surface area contributed by atoms with Gasteiger partial charge in [-0.25, -0.2) is 9.78 Å². The van der Waals surface area contributed by atoms with Crippen molar-refractivity contribution in [1.29, 1.82) is 0 Å². The highest BCUT2D eigenvalue weighted by atomic mass is 32.2. The molecule has 2 aromatic carbocycles. The summed E-state index contributed by atoms with van der Waals surface area (Å²) in [5.41, 5.74) is 4.32. The van der Waals surface area contributed by atoms with Crippen LogP contribution in [0.4, 0.5) is 4.79 Å². The Morgan fingerprint density at radius 1 is 0.868 bits per heavy atom. The van der Waals surface area contributed by atoms with E-state index in [1.165, 1.54) is 25.7 Å². The number of aromatic amines is 1. The van der Waals surface area contributed by atoms with Crippen LogP contribution in [0.15, 0.2) is 65.8 Å². The summed E-state index contributed by atoms with van der Waals surface area (Å²) in [5.74, 6) is 1.35. The normalized spacial score (nSPS) is 11.2. The smallest absolute Gasteiger partial charge is 0.409 e. The fourth-order valence-electron chi connectivity index (χ4n) is 4.32. The zero-order valence-electron chi connectivity index (χ0n) is 23.5. The summed E-state index contributed by atoms with van der Waals surface area (Å²) < 4.78 is 5.54. The van der Waals surface area contributed by atoms with Gasteiger partial charge in [0, 0.05) is 30.0 Å². The Kier molecular flexibility index (Phi) is 13.3. The highest BCUT2D eigenvalue weighted by molar-refractivity contribution is 7.99. The number of amides is 1. The predicted molar refractivity (Wildman–Crippen MR) is 161 cm³/mol. The first-order chi connectivity index (χ1) is 18.6. The lowest BCUT2D eigenvalue weighted by Crippen LogP contribution is -2.34. The SMILES string of the molecule is CCCCCCCN(CCCCCSc1nc(-c2ccccc2)c(-c2ccccc2)[nH]1)C(=O)OCC(C)C. The van der Waals surface area contributed by atoms with E-state index in [4.69, 9.17) is 9.72 Å². The maximum Gasteiger partial charge on any atom is 0.409 e. The number of carbonyl (C=O) groups is 1. The molecule has 0 radical (unpaired) electrons. The van der Waals surface area contributed by atoms with E-state index in [2.05, 4.69) is 74.3 Å². The van der Waals surface area contributed by atoms with Crippen LogP contribution >= 0.6 is 11.8 Å². The van der Waals surface area contributed by atoms with E-state index < -0.39 is 0 Å². The third-order valence-corrected chi connectivity index (χ3v) is 7.39. The molecule has 38 heavy (non-hydrogen) atoms. The molecule has 6 heteroatoms. The number of benzene rings is 2. The topological polar surface area (TPSA) is 58.2 Å². The van der Waals surface area contributed by atoms with E-state index >= 15 is 0 Å². The summed E-state index contributed by atoms with van der Waals surface area (Å²) in [7, 11) is 0. The number of nitrogens with zero attached hydrogens (tertiary/aromatic N) is 2. The Balaban J connectivity index is 1.48. The molecular formula is C32H45N3O2S. The molecule has 1 aromatic heterocycles. The molecule has 3 aromatic rings. The number of ether oxygens (including phenoxy) is 1. The van der Waals surface area contributed by atoms with Gasteiger partial charge in [-0.05, 0) is 25.2 Å². The first-order valence-corrected chi connectivity index (χ1v) is 15.3. The highest BCUT2D eigenvalue weighted by Crippen LogP contribution is 2.32. The van der Waals surface area contributed by atoms with Gasteiger partial charge in [0.15, 0.2) is 5.16 Å². The summed E-state index contributed by atoms with van der Waals surface area (Å²) in [4.78, 5) is 23.1. The molecule has 0 aliphatic carbocycles. The summed E-state index contributed by atoms with van der Waals surface area (Å²) in [6.07, 6.45) is 8.98. The summed E-state index contributed by atoms with van der Waals surface area (Å²) in [6.45, 7) is 8.43. The van der Waals surface area contributed by atoms with Crippen molar-refractivity contribution in [2.75, 3.05) is 25.4 Å². The van der Waals surface area contributed by atoms with Crippen molar-refractivity contribution in [2.24, 2.45) is 5.92 Å². The molecule has 3 rings (SSSR count). The molecule has 0 atom stereocenters. The minimum Gasteiger partial charge on any atom is -0.449 e. The maximum atomic E-state index is 12.6. The zero-order chi connectivity index (χ0) is 27.0. The van der Waals surface area contributed by atoms with Gasteiger partial charge >= 0.3 is 6.09 Å². The standard InChI is InChI=1S/C32H45N3O2S/c1-4-5-6-7-15-22-35(32(36)37-25-26(2)3)23-16-10-17-24-38-31-33-29(27-18-11-8-12-19-27)30(34-31)28-20-13-9-14-21-28/h8-9,11-14,18-21,26H,4-7,10,15-17,22-25H2,1-3H3,(H,33,34). The van der Waals surface area contributed by atoms with Gasteiger partial charge in [0.1, 0.15) is 0 Å². The molecule has 0 spiro atoms. The minimum atomic E-state index is -0.152. The van der Waals surface area contributed by atoms with Crippen molar-refractivity contribution in [3.8, 4) is 22.5 Å². The number of hydrogen-bond donors (Lipinski definition) is 1. The van der Waals surface area contributed by atoms with Gasteiger partial charge in [-0.2, -0.15) is 0 Å². The van der Waals surface area contributed by atoms with Gasteiger partial charge < -0.3 is 14.6 Å². The van der Waals surface area contributed by atoms with E-state index in [9.17, 15) is 4.79 Å². The van der Waals surface area contributed by atoms with Crippen molar-refractivity contribution >= 4 is 17.9 Å². The molecule has 1 heterocycles. The van der Waals surface area contributed by atoms with Gasteiger partial charge in [-0.15, -0.1) is 0 Å². The first-order valence-electron chi connectivity index (χ1n) is 14.3. The largest absolute Gasteiger partial charge is 0.449 e. The third-order valence-electron chi connectivity index (χ3n) is 6.43. The Hall–Kier alpha value is -2.73. The van der Waals surface area contributed by atoms with Crippen LogP contribution in [0.25, 0.3) is 22.5 Å². The molecule has 0 aliphatic rings. The van der Waals surface area contributed by atoms with Gasteiger partial charge in [0.25, 0.3) is 0 Å². The Labute approximate surface area is 233 Å². The van der Waals surface area contributed by atoms with Crippen molar-refractivity contribution in [2.45, 2.75) is 77.3 Å². The number of imidazole rings is 1. The second kappa shape index (κ2) is 17.0. The monoisotopic (exact) mass is 535 g/mol. The summed E-state index contributed by atoms with van der Waals surface area (Å²) in [6, 6.07) is 20.8. The molecule has 206 valence electrons. The number of carbonyl (C=O) groups excluding carboxylic acids is 1. The van der Waals surface area contributed by atoms with Crippen LogP contribution in [0.3, 0.4) is 0 Å². The molecule has 0 saturated heterocycles. The van der Waals surface area contributed by atoms with Crippen LogP contribution in [0.1, 0.15) is 72.1 Å². The predicted octanol–water partition coefficient (Wildman–Crippen LogP) is 9.07. The lowest BCUT2D eigenvalue weighted by Gasteiger charge is -2.22. The van der Waals surface area contributed by atoms with Gasteiger partial charge in [0.05, 0.1) is 18.0 Å². The van der Waals surface area contributed by atoms with Crippen LogP contribution < -0.4 is 0 Å². The average molecular weight is 536 g/mol. The number of aromatic nitrogens is 2. The number of hydrogen-bond acceptors (Lipinski definition) is 4. The van der Waals surface area contributed by atoms with Crippen LogP contribution in [0.2, 0.25) is 0 Å². The lowest BCUT2D eigenvalue weighted by molar-refractivity contribution is 0.0907. The molecule has 0 bridgehead atoms. The molecular weight excluding hydrogens is 490 g/mol. The number of rotatable bonds is 17. The fraction of sp³-hybridized carbons (Fsp3) is 0.500. The van der Waals surface area contributed by atoms with Gasteiger partial charge in [0.2, 0.25) is 0 Å². The maximum absolute atomic E-state index is 12.6. The molecule has 0 saturated carbocycles. The fourth-order valence-corrected chi connectivity index (χ4v) is 5.19. The van der Waals surface area contributed by atoms with Crippen molar-refractivity contribution in [1.82, 2.24) is 14.9 Å². The van der Waals surface area contributed by atoms with Gasteiger partial charge in [-0.1, -0.05) is 125 Å². The van der Waals surface area contributed by atoms with Crippen molar-refractivity contribution < 1.29 is 9.53 Å². The van der Waals surface area contributed by atoms with Gasteiger partial charge in [-0.3, -0.25) is 0 Å². The van der Waals surface area contributed by atoms with E-state index in [0.29, 0.717) is 12.5 Å². The second-order valence-corrected chi connectivity index (χ2v) is 11.4. The number of unbranched alkanes of at least 4 members (excludes halogenated alkanes) is 6.